The van der Waals surface area contributed by atoms with E-state index in [2.05, 4.69) is 55.4 Å². The Bertz CT molecular complexity index is 252. The van der Waals surface area contributed by atoms with Gasteiger partial charge in [0.1, 0.15) is 0 Å². The second-order valence-corrected chi connectivity index (χ2v) is 8.38. The maximum absolute atomic E-state index is 6.21. The standard InChI is InChI=1S/C16H32O/c1-14(2,3)12-10-9-11-17-13(12)16(7,8)15(4,5)6/h12-13H,9-11H2,1-8H3. The van der Waals surface area contributed by atoms with Crippen LogP contribution in [-0.2, 0) is 4.74 Å². The van der Waals surface area contributed by atoms with Gasteiger partial charge < -0.3 is 4.74 Å². The third-order valence-electron chi connectivity index (χ3n) is 5.08. The molecule has 17 heavy (non-hydrogen) atoms. The normalized spacial score (nSPS) is 28.2. The largest absolute Gasteiger partial charge is 0.377 e. The second kappa shape index (κ2) is 4.57. The molecule has 0 amide bonds. The van der Waals surface area contributed by atoms with Crippen LogP contribution in [0.25, 0.3) is 0 Å². The topological polar surface area (TPSA) is 9.23 Å². The molecule has 102 valence electrons. The highest BCUT2D eigenvalue weighted by atomic mass is 16.5. The van der Waals surface area contributed by atoms with Gasteiger partial charge >= 0.3 is 0 Å². The Morgan fingerprint density at radius 1 is 0.882 bits per heavy atom. The van der Waals surface area contributed by atoms with E-state index in [-0.39, 0.29) is 10.8 Å². The minimum Gasteiger partial charge on any atom is -0.377 e. The van der Waals surface area contributed by atoms with Crippen LogP contribution in [0.15, 0.2) is 0 Å². The van der Waals surface area contributed by atoms with Crippen molar-refractivity contribution in [3.8, 4) is 0 Å². The molecule has 0 saturated carbocycles. The molecular formula is C16H32O. The summed E-state index contributed by atoms with van der Waals surface area (Å²) in [6.07, 6.45) is 2.92. The van der Waals surface area contributed by atoms with Gasteiger partial charge in [0.25, 0.3) is 0 Å². The molecule has 0 aromatic heterocycles. The van der Waals surface area contributed by atoms with Crippen LogP contribution in [0.5, 0.6) is 0 Å². The second-order valence-electron chi connectivity index (χ2n) is 8.38. The monoisotopic (exact) mass is 240 g/mol. The highest BCUT2D eigenvalue weighted by Crippen LogP contribution is 2.50. The van der Waals surface area contributed by atoms with E-state index in [1.807, 2.05) is 0 Å². The molecule has 0 bridgehead atoms. The lowest BCUT2D eigenvalue weighted by molar-refractivity contribution is -0.151. The molecule has 1 heteroatoms. The van der Waals surface area contributed by atoms with Crippen LogP contribution in [0.1, 0.15) is 68.2 Å². The SMILES string of the molecule is CC(C)(C)C1CCCOC1C(C)(C)C(C)(C)C. The quantitative estimate of drug-likeness (QED) is 0.633. The number of ether oxygens (including phenoxy) is 1. The van der Waals surface area contributed by atoms with Crippen LogP contribution in [0, 0.1) is 22.2 Å². The maximum Gasteiger partial charge on any atom is 0.0664 e. The van der Waals surface area contributed by atoms with E-state index in [1.165, 1.54) is 12.8 Å². The van der Waals surface area contributed by atoms with Crippen LogP contribution >= 0.6 is 0 Å². The smallest absolute Gasteiger partial charge is 0.0664 e. The summed E-state index contributed by atoms with van der Waals surface area (Å²) in [4.78, 5) is 0. The third kappa shape index (κ3) is 3.05. The molecule has 0 aromatic carbocycles. The lowest BCUT2D eigenvalue weighted by Gasteiger charge is -2.52. The van der Waals surface area contributed by atoms with Crippen molar-refractivity contribution in [1.82, 2.24) is 0 Å². The van der Waals surface area contributed by atoms with Gasteiger partial charge in [-0.2, -0.15) is 0 Å². The van der Waals surface area contributed by atoms with Gasteiger partial charge in [-0.1, -0.05) is 55.4 Å². The summed E-state index contributed by atoms with van der Waals surface area (Å²) in [5.74, 6) is 0.672. The van der Waals surface area contributed by atoms with Gasteiger partial charge in [-0.3, -0.25) is 0 Å². The van der Waals surface area contributed by atoms with E-state index in [0.717, 1.165) is 6.61 Å². The van der Waals surface area contributed by atoms with Crippen molar-refractivity contribution in [2.24, 2.45) is 22.2 Å². The zero-order valence-electron chi connectivity index (χ0n) is 13.2. The van der Waals surface area contributed by atoms with Crippen molar-refractivity contribution < 1.29 is 4.74 Å². The number of hydrogen-bond donors (Lipinski definition) is 0. The van der Waals surface area contributed by atoms with E-state index in [9.17, 15) is 0 Å². The molecule has 0 aromatic rings. The lowest BCUT2D eigenvalue weighted by Crippen LogP contribution is -2.51. The van der Waals surface area contributed by atoms with E-state index in [4.69, 9.17) is 4.74 Å². The van der Waals surface area contributed by atoms with Gasteiger partial charge in [0, 0.05) is 6.61 Å². The molecule has 2 atom stereocenters. The van der Waals surface area contributed by atoms with E-state index in [0.29, 0.717) is 17.4 Å². The van der Waals surface area contributed by atoms with Gasteiger partial charge in [-0.25, -0.2) is 0 Å². The fourth-order valence-corrected chi connectivity index (χ4v) is 2.81. The molecule has 0 spiro atoms. The van der Waals surface area contributed by atoms with Crippen molar-refractivity contribution in [2.45, 2.75) is 74.3 Å². The fraction of sp³-hybridized carbons (Fsp3) is 1.00. The molecule has 1 nitrogen and oxygen atoms in total. The van der Waals surface area contributed by atoms with Gasteiger partial charge in [-0.05, 0) is 35.0 Å². The molecule has 1 aliphatic heterocycles. The van der Waals surface area contributed by atoms with Gasteiger partial charge in [-0.15, -0.1) is 0 Å². The molecule has 1 saturated heterocycles. The predicted octanol–water partition coefficient (Wildman–Crippen LogP) is 4.90. The van der Waals surface area contributed by atoms with Crippen molar-refractivity contribution >= 4 is 0 Å². The average molecular weight is 240 g/mol. The zero-order valence-corrected chi connectivity index (χ0v) is 13.2. The first-order chi connectivity index (χ1) is 7.48. The summed E-state index contributed by atoms with van der Waals surface area (Å²) >= 11 is 0. The number of rotatable bonds is 1. The molecule has 1 heterocycles. The van der Waals surface area contributed by atoms with Gasteiger partial charge in [0.05, 0.1) is 6.10 Å². The molecule has 2 unspecified atom stereocenters. The summed E-state index contributed by atoms with van der Waals surface area (Å²) in [5.41, 5.74) is 0.831. The van der Waals surface area contributed by atoms with Crippen LogP contribution in [-0.4, -0.2) is 12.7 Å². The van der Waals surface area contributed by atoms with E-state index < -0.39 is 0 Å². The first kappa shape index (κ1) is 15.0. The maximum atomic E-state index is 6.21. The summed E-state index contributed by atoms with van der Waals surface area (Å²) in [6, 6.07) is 0. The van der Waals surface area contributed by atoms with Gasteiger partial charge in [0.15, 0.2) is 0 Å². The lowest BCUT2D eigenvalue weighted by atomic mass is 9.58. The Morgan fingerprint density at radius 2 is 1.41 bits per heavy atom. The molecule has 1 rings (SSSR count). The highest BCUT2D eigenvalue weighted by molar-refractivity contribution is 4.97. The Morgan fingerprint density at radius 3 is 1.82 bits per heavy atom. The summed E-state index contributed by atoms with van der Waals surface area (Å²) in [6.45, 7) is 19.8. The minimum atomic E-state index is 0.214. The third-order valence-corrected chi connectivity index (χ3v) is 5.08. The van der Waals surface area contributed by atoms with Crippen molar-refractivity contribution in [3.05, 3.63) is 0 Å². The average Bonchev–Trinajstić information content (AvgIpc) is 2.14. The number of hydrogen-bond acceptors (Lipinski definition) is 1. The molecule has 0 radical (unpaired) electrons. The van der Waals surface area contributed by atoms with E-state index in [1.54, 1.807) is 0 Å². The predicted molar refractivity (Wildman–Crippen MR) is 75.2 cm³/mol. The fourth-order valence-electron chi connectivity index (χ4n) is 2.81. The molecule has 0 N–H and O–H groups in total. The zero-order chi connectivity index (χ0) is 13.5. The summed E-state index contributed by atoms with van der Waals surface area (Å²) < 4.78 is 6.21. The van der Waals surface area contributed by atoms with Crippen molar-refractivity contribution in [1.29, 1.82) is 0 Å². The first-order valence-corrected chi connectivity index (χ1v) is 7.09. The Labute approximate surface area is 108 Å². The molecule has 1 fully saturated rings. The Balaban J connectivity index is 3.00. The summed E-state index contributed by atoms with van der Waals surface area (Å²) in [7, 11) is 0. The van der Waals surface area contributed by atoms with E-state index >= 15 is 0 Å². The van der Waals surface area contributed by atoms with Crippen LogP contribution in [0.3, 0.4) is 0 Å². The van der Waals surface area contributed by atoms with Crippen molar-refractivity contribution in [2.75, 3.05) is 6.61 Å². The van der Waals surface area contributed by atoms with Crippen LogP contribution < -0.4 is 0 Å². The molecule has 1 aliphatic rings. The molecule has 0 aliphatic carbocycles. The van der Waals surface area contributed by atoms with Gasteiger partial charge in [0.2, 0.25) is 0 Å². The van der Waals surface area contributed by atoms with Crippen molar-refractivity contribution in [3.63, 3.8) is 0 Å². The minimum absolute atomic E-state index is 0.214. The highest BCUT2D eigenvalue weighted by Gasteiger charge is 2.48. The Hall–Kier alpha value is -0.0400. The first-order valence-electron chi connectivity index (χ1n) is 7.09. The molecular weight excluding hydrogens is 208 g/mol. The van der Waals surface area contributed by atoms with Crippen LogP contribution in [0.4, 0.5) is 0 Å². The Kier molecular flexibility index (Phi) is 4.04. The van der Waals surface area contributed by atoms with Crippen LogP contribution in [0.2, 0.25) is 0 Å². The summed E-state index contributed by atoms with van der Waals surface area (Å²) in [5, 5.41) is 0.